The number of hydrogen-bond donors (Lipinski definition) is 1. The number of hydrogen-bond acceptors (Lipinski definition) is 4. The molecule has 120 valence electrons. The third-order valence-corrected chi connectivity index (χ3v) is 5.97. The van der Waals surface area contributed by atoms with Crippen molar-refractivity contribution in [2.75, 3.05) is 13.2 Å². The van der Waals surface area contributed by atoms with Crippen molar-refractivity contribution in [3.63, 3.8) is 0 Å². The number of thiazole rings is 1. The lowest BCUT2D eigenvalue weighted by atomic mass is 9.79. The van der Waals surface area contributed by atoms with Gasteiger partial charge in [-0.15, -0.1) is 11.3 Å². The van der Waals surface area contributed by atoms with Gasteiger partial charge in [0.05, 0.1) is 16.8 Å². The first kappa shape index (κ1) is 16.9. The van der Waals surface area contributed by atoms with Crippen molar-refractivity contribution in [2.24, 2.45) is 0 Å². The highest BCUT2D eigenvalue weighted by Gasteiger charge is 2.45. The summed E-state index contributed by atoms with van der Waals surface area (Å²) < 4.78 is 6.07. The van der Waals surface area contributed by atoms with Crippen molar-refractivity contribution in [3.05, 3.63) is 15.6 Å². The molecule has 0 saturated carbocycles. The number of aryl methyl sites for hydroxylation is 2. The van der Waals surface area contributed by atoms with Crippen LogP contribution in [0.2, 0.25) is 0 Å². The van der Waals surface area contributed by atoms with E-state index in [1.54, 1.807) is 0 Å². The summed E-state index contributed by atoms with van der Waals surface area (Å²) in [6.07, 6.45) is 5.27. The van der Waals surface area contributed by atoms with Crippen LogP contribution in [0.15, 0.2) is 0 Å². The molecule has 2 unspecified atom stereocenters. The number of aromatic nitrogens is 1. The Morgan fingerprint density at radius 2 is 2.10 bits per heavy atom. The van der Waals surface area contributed by atoms with Crippen LogP contribution in [0.25, 0.3) is 0 Å². The molecule has 3 nitrogen and oxygen atoms in total. The third-order valence-electron chi connectivity index (χ3n) is 4.75. The molecule has 1 aromatic heterocycles. The summed E-state index contributed by atoms with van der Waals surface area (Å²) in [5, 5.41) is 5.09. The van der Waals surface area contributed by atoms with Gasteiger partial charge in [0.1, 0.15) is 5.01 Å². The van der Waals surface area contributed by atoms with Gasteiger partial charge in [-0.05, 0) is 46.1 Å². The maximum absolute atomic E-state index is 6.07. The second kappa shape index (κ2) is 6.76. The van der Waals surface area contributed by atoms with E-state index in [0.29, 0.717) is 0 Å². The van der Waals surface area contributed by atoms with E-state index in [0.717, 1.165) is 45.3 Å². The van der Waals surface area contributed by atoms with Gasteiger partial charge in [0.25, 0.3) is 0 Å². The predicted octanol–water partition coefficient (Wildman–Crippen LogP) is 4.19. The monoisotopic (exact) mass is 310 g/mol. The number of nitrogens with one attached hydrogen (secondary N) is 1. The van der Waals surface area contributed by atoms with Crippen molar-refractivity contribution >= 4 is 11.3 Å². The Morgan fingerprint density at radius 1 is 1.33 bits per heavy atom. The zero-order chi connectivity index (χ0) is 15.5. The Balaban J connectivity index is 2.36. The van der Waals surface area contributed by atoms with E-state index in [4.69, 9.17) is 9.72 Å². The van der Waals surface area contributed by atoms with Gasteiger partial charge in [-0.1, -0.05) is 20.8 Å². The minimum Gasteiger partial charge on any atom is -0.375 e. The summed E-state index contributed by atoms with van der Waals surface area (Å²) >= 11 is 1.88. The highest BCUT2D eigenvalue weighted by atomic mass is 32.1. The van der Waals surface area contributed by atoms with Gasteiger partial charge >= 0.3 is 0 Å². The lowest BCUT2D eigenvalue weighted by Gasteiger charge is -2.45. The van der Waals surface area contributed by atoms with Crippen LogP contribution in [0.1, 0.15) is 69.0 Å². The number of ether oxygens (including phenoxy) is 1. The summed E-state index contributed by atoms with van der Waals surface area (Å²) in [7, 11) is 0. The zero-order valence-corrected chi connectivity index (χ0v) is 15.0. The van der Waals surface area contributed by atoms with E-state index in [9.17, 15) is 0 Å². The quantitative estimate of drug-likeness (QED) is 0.855. The van der Waals surface area contributed by atoms with Gasteiger partial charge in [-0.3, -0.25) is 0 Å². The third kappa shape index (κ3) is 3.49. The van der Waals surface area contributed by atoms with Crippen LogP contribution in [0.3, 0.4) is 0 Å². The molecule has 2 rings (SSSR count). The molecule has 1 aromatic rings. The topological polar surface area (TPSA) is 34.2 Å². The van der Waals surface area contributed by atoms with Gasteiger partial charge in [0.15, 0.2) is 0 Å². The lowest BCUT2D eigenvalue weighted by molar-refractivity contribution is -0.103. The minimum absolute atomic E-state index is 0.00185. The molecule has 1 aliphatic heterocycles. The van der Waals surface area contributed by atoms with Gasteiger partial charge in [0.2, 0.25) is 0 Å². The summed E-state index contributed by atoms with van der Waals surface area (Å²) in [6.45, 7) is 12.9. The van der Waals surface area contributed by atoms with Crippen molar-refractivity contribution in [1.82, 2.24) is 10.3 Å². The lowest BCUT2D eigenvalue weighted by Crippen LogP contribution is -2.53. The van der Waals surface area contributed by atoms with Gasteiger partial charge in [-0.2, -0.15) is 0 Å². The van der Waals surface area contributed by atoms with E-state index in [-0.39, 0.29) is 11.1 Å². The first-order valence-electron chi connectivity index (χ1n) is 8.34. The van der Waals surface area contributed by atoms with Crippen LogP contribution in [-0.4, -0.2) is 23.7 Å². The molecule has 1 fully saturated rings. The van der Waals surface area contributed by atoms with Gasteiger partial charge in [-0.25, -0.2) is 4.98 Å². The van der Waals surface area contributed by atoms with Gasteiger partial charge < -0.3 is 10.1 Å². The highest BCUT2D eigenvalue weighted by molar-refractivity contribution is 7.11. The van der Waals surface area contributed by atoms with Crippen LogP contribution in [0, 0.1) is 6.92 Å². The SMILES string of the molecule is CCCNC1(c2nc(CC)c(C)s2)CCOC(C)(CC)C1. The predicted molar refractivity (Wildman–Crippen MR) is 90.1 cm³/mol. The summed E-state index contributed by atoms with van der Waals surface area (Å²) in [5.41, 5.74) is 1.23. The molecule has 4 heteroatoms. The Hall–Kier alpha value is -0.450. The van der Waals surface area contributed by atoms with E-state index in [2.05, 4.69) is 39.9 Å². The van der Waals surface area contributed by atoms with Crippen molar-refractivity contribution in [3.8, 4) is 0 Å². The van der Waals surface area contributed by atoms with E-state index in [1.807, 2.05) is 11.3 Å². The number of nitrogens with zero attached hydrogens (tertiary/aromatic N) is 1. The fourth-order valence-corrected chi connectivity index (χ4v) is 4.41. The Kier molecular flexibility index (Phi) is 5.44. The van der Waals surface area contributed by atoms with E-state index < -0.39 is 0 Å². The van der Waals surface area contributed by atoms with Crippen LogP contribution in [0.4, 0.5) is 0 Å². The van der Waals surface area contributed by atoms with E-state index in [1.165, 1.54) is 15.6 Å². The molecule has 1 aliphatic rings. The smallest absolute Gasteiger partial charge is 0.113 e. The zero-order valence-electron chi connectivity index (χ0n) is 14.2. The summed E-state index contributed by atoms with van der Waals surface area (Å²) in [5.74, 6) is 0. The van der Waals surface area contributed by atoms with Crippen molar-refractivity contribution in [1.29, 1.82) is 0 Å². The molecule has 0 spiro atoms. The molecule has 1 N–H and O–H groups in total. The molecule has 2 atom stereocenters. The van der Waals surface area contributed by atoms with Crippen molar-refractivity contribution < 1.29 is 4.74 Å². The minimum atomic E-state index is -0.0368. The first-order chi connectivity index (χ1) is 9.98. The maximum Gasteiger partial charge on any atom is 0.113 e. The second-order valence-corrected chi connectivity index (χ2v) is 7.67. The molecule has 0 bridgehead atoms. The fourth-order valence-electron chi connectivity index (χ4n) is 3.21. The molecule has 2 heterocycles. The van der Waals surface area contributed by atoms with Crippen LogP contribution < -0.4 is 5.32 Å². The molecule has 0 aromatic carbocycles. The van der Waals surface area contributed by atoms with Gasteiger partial charge in [0, 0.05) is 17.9 Å². The Bertz CT molecular complexity index is 473. The molecular formula is C17H30N2OS. The fraction of sp³-hybridized carbons (Fsp3) is 0.824. The van der Waals surface area contributed by atoms with E-state index >= 15 is 0 Å². The highest BCUT2D eigenvalue weighted by Crippen LogP contribution is 2.43. The first-order valence-corrected chi connectivity index (χ1v) is 9.16. The summed E-state index contributed by atoms with van der Waals surface area (Å²) in [4.78, 5) is 6.35. The average Bonchev–Trinajstić information content (AvgIpc) is 2.87. The second-order valence-electron chi connectivity index (χ2n) is 6.46. The maximum atomic E-state index is 6.07. The average molecular weight is 311 g/mol. The normalized spacial score (nSPS) is 29.8. The Labute approximate surface area is 133 Å². The largest absolute Gasteiger partial charge is 0.375 e. The molecule has 0 amide bonds. The number of rotatable bonds is 6. The summed E-state index contributed by atoms with van der Waals surface area (Å²) in [6, 6.07) is 0. The van der Waals surface area contributed by atoms with Crippen LogP contribution in [-0.2, 0) is 16.7 Å². The van der Waals surface area contributed by atoms with Crippen LogP contribution in [0.5, 0.6) is 0 Å². The standard InChI is InChI=1S/C17H30N2OS/c1-6-10-18-17(9-11-20-16(5,8-3)12-17)15-19-14(7-2)13(4)21-15/h18H,6-12H2,1-5H3. The van der Waals surface area contributed by atoms with Crippen molar-refractivity contribution in [2.45, 2.75) is 77.9 Å². The molecule has 21 heavy (non-hydrogen) atoms. The molecule has 0 aliphatic carbocycles. The van der Waals surface area contributed by atoms with Crippen LogP contribution >= 0.6 is 11.3 Å². The molecular weight excluding hydrogens is 280 g/mol. The molecule has 1 saturated heterocycles. The Morgan fingerprint density at radius 3 is 2.67 bits per heavy atom. The molecule has 0 radical (unpaired) electrons.